The van der Waals surface area contributed by atoms with Gasteiger partial charge in [-0.15, -0.1) is 0 Å². The molecule has 0 aromatic heterocycles. The van der Waals surface area contributed by atoms with Crippen LogP contribution in [0, 0.1) is 23.2 Å². The van der Waals surface area contributed by atoms with Crippen LogP contribution in [0.15, 0.2) is 0 Å². The number of nitrogens with zero attached hydrogens (tertiary/aromatic N) is 1. The maximum Gasteiger partial charge on any atom is 0.0899 e. The van der Waals surface area contributed by atoms with Crippen molar-refractivity contribution >= 4 is 0 Å². The molecule has 1 unspecified atom stereocenters. The van der Waals surface area contributed by atoms with Crippen LogP contribution in [-0.2, 0) is 4.74 Å². The lowest BCUT2D eigenvalue weighted by Crippen LogP contribution is -2.47. The van der Waals surface area contributed by atoms with E-state index >= 15 is 0 Å². The van der Waals surface area contributed by atoms with E-state index in [1.165, 1.54) is 44.9 Å². The zero-order chi connectivity index (χ0) is 14.2. The molecule has 0 aliphatic heterocycles. The highest BCUT2D eigenvalue weighted by Crippen LogP contribution is 2.61. The van der Waals surface area contributed by atoms with E-state index in [0.29, 0.717) is 12.0 Å². The van der Waals surface area contributed by atoms with Gasteiger partial charge in [0.1, 0.15) is 0 Å². The van der Waals surface area contributed by atoms with Gasteiger partial charge in [-0.2, -0.15) is 0 Å². The maximum atomic E-state index is 9.81. The lowest BCUT2D eigenvalue weighted by Gasteiger charge is -2.57. The number of likely N-dealkylation sites (N-methyl/N-ethyl adjacent to an activating group) is 1. The minimum Gasteiger partial charge on any atom is -0.389 e. The third-order valence-corrected chi connectivity index (χ3v) is 6.07. The summed E-state index contributed by atoms with van der Waals surface area (Å²) in [6.07, 6.45) is 10.1. The Morgan fingerprint density at radius 2 is 1.70 bits per heavy atom. The van der Waals surface area contributed by atoms with Crippen molar-refractivity contribution in [3.63, 3.8) is 0 Å². The first kappa shape index (κ1) is 14.8. The summed E-state index contributed by atoms with van der Waals surface area (Å²) in [4.78, 5) is 2.29. The van der Waals surface area contributed by atoms with Crippen molar-refractivity contribution in [1.82, 2.24) is 4.90 Å². The number of rotatable bonds is 7. The molecule has 0 saturated heterocycles. The highest BCUT2D eigenvalue weighted by molar-refractivity contribution is 5.01. The number of methoxy groups -OCH3 is 1. The molecule has 0 amide bonds. The Kier molecular flexibility index (Phi) is 4.40. The van der Waals surface area contributed by atoms with Crippen LogP contribution in [-0.4, -0.2) is 50.0 Å². The molecule has 3 heteroatoms. The minimum absolute atomic E-state index is 0.346. The van der Waals surface area contributed by atoms with Crippen molar-refractivity contribution in [3.8, 4) is 0 Å². The zero-order valence-electron chi connectivity index (χ0n) is 13.2. The number of aliphatic hydroxyl groups is 1. The molecule has 4 saturated carbocycles. The van der Waals surface area contributed by atoms with E-state index in [4.69, 9.17) is 4.74 Å². The second-order valence-corrected chi connectivity index (χ2v) is 8.04. The molecule has 4 aliphatic rings. The highest BCUT2D eigenvalue weighted by Gasteiger charge is 2.50. The van der Waals surface area contributed by atoms with Gasteiger partial charge in [0.25, 0.3) is 0 Å². The molecular formula is C17H31NO2. The lowest BCUT2D eigenvalue weighted by molar-refractivity contribution is -0.0616. The van der Waals surface area contributed by atoms with E-state index in [0.717, 1.165) is 30.8 Å². The van der Waals surface area contributed by atoms with Crippen LogP contribution in [0.4, 0.5) is 0 Å². The van der Waals surface area contributed by atoms with E-state index in [2.05, 4.69) is 11.9 Å². The first-order valence-corrected chi connectivity index (χ1v) is 8.44. The molecule has 20 heavy (non-hydrogen) atoms. The Hall–Kier alpha value is -0.120. The molecule has 0 aromatic carbocycles. The highest BCUT2D eigenvalue weighted by atomic mass is 16.5. The summed E-state index contributed by atoms with van der Waals surface area (Å²) in [6, 6.07) is 0. The van der Waals surface area contributed by atoms with Gasteiger partial charge >= 0.3 is 0 Å². The van der Waals surface area contributed by atoms with E-state index in [1.807, 2.05) is 0 Å². The molecule has 4 fully saturated rings. The van der Waals surface area contributed by atoms with Crippen molar-refractivity contribution in [3.05, 3.63) is 0 Å². The van der Waals surface area contributed by atoms with Gasteiger partial charge in [0.2, 0.25) is 0 Å². The SMILES string of the molecule is COCC(O)CN(C)CCC12CC3CC(CC(C3)C1)C2. The van der Waals surface area contributed by atoms with Crippen LogP contribution in [0.1, 0.15) is 44.9 Å². The van der Waals surface area contributed by atoms with Gasteiger partial charge in [0, 0.05) is 13.7 Å². The molecule has 4 aliphatic carbocycles. The normalized spacial score (nSPS) is 40.5. The van der Waals surface area contributed by atoms with Crippen LogP contribution in [0.2, 0.25) is 0 Å². The van der Waals surface area contributed by atoms with E-state index in [1.54, 1.807) is 7.11 Å². The molecule has 0 aromatic rings. The van der Waals surface area contributed by atoms with Crippen LogP contribution in [0.3, 0.4) is 0 Å². The molecule has 0 heterocycles. The molecule has 3 nitrogen and oxygen atoms in total. The number of hydrogen-bond acceptors (Lipinski definition) is 3. The third-order valence-electron chi connectivity index (χ3n) is 6.07. The van der Waals surface area contributed by atoms with E-state index < -0.39 is 0 Å². The summed E-state index contributed by atoms with van der Waals surface area (Å²) in [6.45, 7) is 2.31. The number of ether oxygens (including phenoxy) is 1. The number of hydrogen-bond donors (Lipinski definition) is 1. The van der Waals surface area contributed by atoms with Gasteiger partial charge in [0.15, 0.2) is 0 Å². The first-order chi connectivity index (χ1) is 9.58. The van der Waals surface area contributed by atoms with Crippen molar-refractivity contribution in [1.29, 1.82) is 0 Å². The lowest BCUT2D eigenvalue weighted by atomic mass is 9.49. The molecular weight excluding hydrogens is 250 g/mol. The fourth-order valence-corrected chi connectivity index (χ4v) is 5.72. The maximum absolute atomic E-state index is 9.81. The van der Waals surface area contributed by atoms with E-state index in [9.17, 15) is 5.11 Å². The summed E-state index contributed by atoms with van der Waals surface area (Å²) in [5, 5.41) is 9.81. The molecule has 1 N–H and O–H groups in total. The summed E-state index contributed by atoms with van der Waals surface area (Å²) >= 11 is 0. The van der Waals surface area contributed by atoms with Crippen LogP contribution in [0.5, 0.6) is 0 Å². The summed E-state index contributed by atoms with van der Waals surface area (Å²) in [5.74, 6) is 3.14. The van der Waals surface area contributed by atoms with Gasteiger partial charge in [-0.1, -0.05) is 0 Å². The quantitative estimate of drug-likeness (QED) is 0.778. The van der Waals surface area contributed by atoms with Gasteiger partial charge in [0.05, 0.1) is 12.7 Å². The zero-order valence-corrected chi connectivity index (χ0v) is 13.2. The molecule has 1 atom stereocenters. The Labute approximate surface area is 123 Å². The second kappa shape index (κ2) is 5.94. The number of aliphatic hydroxyl groups excluding tert-OH is 1. The van der Waals surface area contributed by atoms with Crippen LogP contribution >= 0.6 is 0 Å². The predicted molar refractivity (Wildman–Crippen MR) is 80.6 cm³/mol. The largest absolute Gasteiger partial charge is 0.389 e. The monoisotopic (exact) mass is 281 g/mol. The third kappa shape index (κ3) is 3.20. The van der Waals surface area contributed by atoms with Crippen molar-refractivity contribution in [2.75, 3.05) is 33.9 Å². The van der Waals surface area contributed by atoms with Crippen molar-refractivity contribution < 1.29 is 9.84 Å². The molecule has 4 bridgehead atoms. The Morgan fingerprint density at radius 1 is 1.15 bits per heavy atom. The van der Waals surface area contributed by atoms with Crippen molar-refractivity contribution in [2.45, 2.75) is 51.0 Å². The van der Waals surface area contributed by atoms with Gasteiger partial charge in [-0.3, -0.25) is 0 Å². The second-order valence-electron chi connectivity index (χ2n) is 8.04. The molecule has 4 rings (SSSR count). The van der Waals surface area contributed by atoms with Crippen LogP contribution in [0.25, 0.3) is 0 Å². The van der Waals surface area contributed by atoms with Gasteiger partial charge < -0.3 is 14.7 Å². The molecule has 0 radical (unpaired) electrons. The Morgan fingerprint density at radius 3 is 2.20 bits per heavy atom. The summed E-state index contributed by atoms with van der Waals surface area (Å²) in [5.41, 5.74) is 0.662. The Balaban J connectivity index is 1.48. The standard InChI is InChI=1S/C17H31NO2/c1-18(11-16(19)12-20-2)4-3-17-8-13-5-14(9-17)7-15(6-13)10-17/h13-16,19H,3-12H2,1-2H3. The molecule has 0 spiro atoms. The fourth-order valence-electron chi connectivity index (χ4n) is 5.72. The van der Waals surface area contributed by atoms with Gasteiger partial charge in [-0.25, -0.2) is 0 Å². The first-order valence-electron chi connectivity index (χ1n) is 8.44. The topological polar surface area (TPSA) is 32.7 Å². The summed E-state index contributed by atoms with van der Waals surface area (Å²) < 4.78 is 5.01. The fraction of sp³-hybridized carbons (Fsp3) is 1.00. The minimum atomic E-state index is -0.346. The predicted octanol–water partition coefficient (Wildman–Crippen LogP) is 2.53. The van der Waals surface area contributed by atoms with Gasteiger partial charge in [-0.05, 0) is 81.7 Å². The Bertz CT molecular complexity index is 296. The average molecular weight is 281 g/mol. The summed E-state index contributed by atoms with van der Waals surface area (Å²) in [7, 11) is 3.79. The molecule has 116 valence electrons. The van der Waals surface area contributed by atoms with Crippen LogP contribution < -0.4 is 0 Å². The van der Waals surface area contributed by atoms with Crippen molar-refractivity contribution in [2.24, 2.45) is 23.2 Å². The smallest absolute Gasteiger partial charge is 0.0899 e. The average Bonchev–Trinajstić information content (AvgIpc) is 2.35. The van der Waals surface area contributed by atoms with E-state index in [-0.39, 0.29) is 6.10 Å².